The van der Waals surface area contributed by atoms with Crippen molar-refractivity contribution in [2.75, 3.05) is 13.7 Å². The average molecular weight is 291 g/mol. The van der Waals surface area contributed by atoms with E-state index in [1.807, 2.05) is 12.1 Å². The number of nitrogens with one attached hydrogen (secondary N) is 1. The molecule has 0 saturated heterocycles. The maximum atomic E-state index is 12.3. The van der Waals surface area contributed by atoms with Crippen molar-refractivity contribution in [3.63, 3.8) is 0 Å². The molecule has 0 spiro atoms. The van der Waals surface area contributed by atoms with Gasteiger partial charge in [-0.05, 0) is 25.8 Å². The Labute approximate surface area is 124 Å². The Bertz CT molecular complexity index is 532. The summed E-state index contributed by atoms with van der Waals surface area (Å²) in [6.07, 6.45) is 0.689. The smallest absolute Gasteiger partial charge is 0.319 e. The molecule has 21 heavy (non-hydrogen) atoms. The van der Waals surface area contributed by atoms with E-state index in [0.717, 1.165) is 5.56 Å². The predicted molar refractivity (Wildman–Crippen MR) is 79.0 cm³/mol. The van der Waals surface area contributed by atoms with Crippen molar-refractivity contribution in [2.24, 2.45) is 5.41 Å². The lowest BCUT2D eigenvalue weighted by atomic mass is 9.84. The fourth-order valence-corrected chi connectivity index (χ4v) is 1.91. The molecule has 0 aliphatic heterocycles. The van der Waals surface area contributed by atoms with Crippen molar-refractivity contribution < 1.29 is 19.1 Å². The number of hydrogen-bond donors (Lipinski definition) is 1. The first-order valence-electron chi connectivity index (χ1n) is 6.75. The Kier molecular flexibility index (Phi) is 5.64. The summed E-state index contributed by atoms with van der Waals surface area (Å²) < 4.78 is 4.66. The van der Waals surface area contributed by atoms with Crippen LogP contribution in [-0.2, 0) is 20.7 Å². The van der Waals surface area contributed by atoms with Crippen molar-refractivity contribution >= 4 is 17.7 Å². The molecule has 114 valence electrons. The number of methoxy groups -OCH3 is 1. The van der Waals surface area contributed by atoms with E-state index in [2.05, 4.69) is 10.1 Å². The van der Waals surface area contributed by atoms with Gasteiger partial charge in [-0.1, -0.05) is 24.3 Å². The monoisotopic (exact) mass is 291 g/mol. The van der Waals surface area contributed by atoms with Gasteiger partial charge >= 0.3 is 5.97 Å². The normalized spacial score (nSPS) is 10.9. The molecule has 1 N–H and O–H groups in total. The summed E-state index contributed by atoms with van der Waals surface area (Å²) in [5.74, 6) is -0.897. The number of carbonyl (C=O) groups is 3. The molecule has 5 nitrogen and oxygen atoms in total. The molecular weight excluding hydrogens is 270 g/mol. The highest BCUT2D eigenvalue weighted by Gasteiger charge is 2.37. The molecule has 1 aromatic carbocycles. The summed E-state index contributed by atoms with van der Waals surface area (Å²) in [6.45, 7) is 5.12. The van der Waals surface area contributed by atoms with Crippen LogP contribution >= 0.6 is 0 Å². The highest BCUT2D eigenvalue weighted by atomic mass is 16.5. The molecule has 0 heterocycles. The number of carbonyl (C=O) groups excluding carboxylic acids is 3. The molecule has 0 atom stereocenters. The molecular formula is C16H21NO4. The van der Waals surface area contributed by atoms with Crippen LogP contribution in [0.4, 0.5) is 0 Å². The Morgan fingerprint density at radius 2 is 1.71 bits per heavy atom. The highest BCUT2D eigenvalue weighted by Crippen LogP contribution is 2.23. The van der Waals surface area contributed by atoms with Gasteiger partial charge in [-0.2, -0.15) is 0 Å². The Morgan fingerprint density at radius 1 is 1.14 bits per heavy atom. The summed E-state index contributed by atoms with van der Waals surface area (Å²) in [4.78, 5) is 34.7. The van der Waals surface area contributed by atoms with Crippen LogP contribution < -0.4 is 5.32 Å². The third-order valence-electron chi connectivity index (χ3n) is 3.27. The van der Waals surface area contributed by atoms with Gasteiger partial charge in [-0.25, -0.2) is 0 Å². The molecule has 0 radical (unpaired) electrons. The predicted octanol–water partition coefficient (Wildman–Crippen LogP) is 1.75. The second-order valence-electron chi connectivity index (χ2n) is 5.38. The van der Waals surface area contributed by atoms with Crippen molar-refractivity contribution in [2.45, 2.75) is 27.2 Å². The molecule has 0 aromatic heterocycles. The molecule has 5 heteroatoms. The average Bonchev–Trinajstić information content (AvgIpc) is 2.45. The molecule has 0 fully saturated rings. The maximum Gasteiger partial charge on any atom is 0.319 e. The second-order valence-corrected chi connectivity index (χ2v) is 5.38. The Balaban J connectivity index is 2.75. The standard InChI is InChI=1S/C16H21NO4/c1-11(18)17-10-9-12-5-7-13(8-6-12)14(19)16(2,3)15(20)21-4/h5-8H,9-10H2,1-4H3,(H,17,18). The number of hydrogen-bond acceptors (Lipinski definition) is 4. The zero-order chi connectivity index (χ0) is 16.0. The second kappa shape index (κ2) is 7.02. The minimum atomic E-state index is -1.20. The largest absolute Gasteiger partial charge is 0.468 e. The third kappa shape index (κ3) is 4.41. The summed E-state index contributed by atoms with van der Waals surface area (Å²) >= 11 is 0. The van der Waals surface area contributed by atoms with Crippen LogP contribution in [0.25, 0.3) is 0 Å². The Morgan fingerprint density at radius 3 is 2.19 bits per heavy atom. The van der Waals surface area contributed by atoms with Gasteiger partial charge in [0.05, 0.1) is 7.11 Å². The molecule has 1 rings (SSSR count). The topological polar surface area (TPSA) is 72.5 Å². The number of esters is 1. The van der Waals surface area contributed by atoms with Gasteiger partial charge in [-0.3, -0.25) is 14.4 Å². The lowest BCUT2D eigenvalue weighted by Gasteiger charge is -2.20. The molecule has 0 bridgehead atoms. The van der Waals surface area contributed by atoms with Gasteiger partial charge in [0, 0.05) is 19.0 Å². The van der Waals surface area contributed by atoms with Crippen LogP contribution in [0.3, 0.4) is 0 Å². The number of Topliss-reactive ketones (excluding diaryl/α,β-unsaturated/α-hetero) is 1. The molecule has 1 amide bonds. The van der Waals surface area contributed by atoms with E-state index in [4.69, 9.17) is 0 Å². The zero-order valence-electron chi connectivity index (χ0n) is 12.9. The van der Waals surface area contributed by atoms with E-state index in [1.165, 1.54) is 14.0 Å². The van der Waals surface area contributed by atoms with E-state index in [1.54, 1.807) is 26.0 Å². The highest BCUT2D eigenvalue weighted by molar-refractivity contribution is 6.11. The summed E-state index contributed by atoms with van der Waals surface area (Å²) in [6, 6.07) is 7.02. The minimum Gasteiger partial charge on any atom is -0.468 e. The maximum absolute atomic E-state index is 12.3. The van der Waals surface area contributed by atoms with Crippen molar-refractivity contribution in [1.29, 1.82) is 0 Å². The lowest BCUT2D eigenvalue weighted by Crippen LogP contribution is -2.34. The van der Waals surface area contributed by atoms with Gasteiger partial charge in [-0.15, -0.1) is 0 Å². The fraction of sp³-hybridized carbons (Fsp3) is 0.438. The number of rotatable bonds is 6. The van der Waals surface area contributed by atoms with Crippen molar-refractivity contribution in [3.05, 3.63) is 35.4 Å². The molecule has 1 aromatic rings. The number of ether oxygens (including phenoxy) is 1. The van der Waals surface area contributed by atoms with Crippen LogP contribution in [0, 0.1) is 5.41 Å². The van der Waals surface area contributed by atoms with Gasteiger partial charge in [0.2, 0.25) is 5.91 Å². The number of benzene rings is 1. The van der Waals surface area contributed by atoms with Gasteiger partial charge in [0.15, 0.2) is 5.78 Å². The fourth-order valence-electron chi connectivity index (χ4n) is 1.91. The van der Waals surface area contributed by atoms with Gasteiger partial charge in [0.25, 0.3) is 0 Å². The first-order valence-corrected chi connectivity index (χ1v) is 6.75. The van der Waals surface area contributed by atoms with E-state index >= 15 is 0 Å². The van der Waals surface area contributed by atoms with Gasteiger partial charge < -0.3 is 10.1 Å². The third-order valence-corrected chi connectivity index (χ3v) is 3.27. The summed E-state index contributed by atoms with van der Waals surface area (Å²) in [5.41, 5.74) is 0.275. The van der Waals surface area contributed by atoms with E-state index in [-0.39, 0.29) is 11.7 Å². The summed E-state index contributed by atoms with van der Waals surface area (Å²) in [7, 11) is 1.27. The minimum absolute atomic E-state index is 0.0679. The zero-order valence-corrected chi connectivity index (χ0v) is 12.9. The molecule has 0 aliphatic carbocycles. The van der Waals surface area contributed by atoms with Gasteiger partial charge in [0.1, 0.15) is 5.41 Å². The van der Waals surface area contributed by atoms with Crippen LogP contribution in [0.5, 0.6) is 0 Å². The first-order chi connectivity index (χ1) is 9.78. The van der Waals surface area contributed by atoms with Crippen LogP contribution in [0.2, 0.25) is 0 Å². The molecule has 0 unspecified atom stereocenters. The SMILES string of the molecule is COC(=O)C(C)(C)C(=O)c1ccc(CCNC(C)=O)cc1. The van der Waals surface area contributed by atoms with E-state index in [9.17, 15) is 14.4 Å². The van der Waals surface area contributed by atoms with Crippen molar-refractivity contribution in [3.8, 4) is 0 Å². The van der Waals surface area contributed by atoms with E-state index in [0.29, 0.717) is 18.5 Å². The quantitative estimate of drug-likeness (QED) is 0.492. The summed E-state index contributed by atoms with van der Waals surface area (Å²) in [5, 5.41) is 2.71. The van der Waals surface area contributed by atoms with Crippen LogP contribution in [0.1, 0.15) is 36.7 Å². The molecule has 0 saturated carbocycles. The van der Waals surface area contributed by atoms with Crippen molar-refractivity contribution in [1.82, 2.24) is 5.32 Å². The lowest BCUT2D eigenvalue weighted by molar-refractivity contribution is -0.147. The first kappa shape index (κ1) is 16.9. The Hall–Kier alpha value is -2.17. The number of ketones is 1. The molecule has 0 aliphatic rings. The van der Waals surface area contributed by atoms with Crippen LogP contribution in [-0.4, -0.2) is 31.3 Å². The van der Waals surface area contributed by atoms with E-state index < -0.39 is 11.4 Å². The van der Waals surface area contributed by atoms with Crippen LogP contribution in [0.15, 0.2) is 24.3 Å². The number of amides is 1.